The normalized spacial score (nSPS) is 22.1. The van der Waals surface area contributed by atoms with Gasteiger partial charge in [0.05, 0.1) is 42.3 Å². The van der Waals surface area contributed by atoms with Crippen LogP contribution in [-0.4, -0.2) is 51.7 Å². The molecule has 2 aliphatic rings. The molecule has 1 saturated carbocycles. The van der Waals surface area contributed by atoms with Crippen molar-refractivity contribution in [1.82, 2.24) is 25.3 Å². The molecule has 35 heavy (non-hydrogen) atoms. The minimum absolute atomic E-state index is 0.0637. The smallest absolute Gasteiger partial charge is 0.316 e. The first-order chi connectivity index (χ1) is 16.9. The van der Waals surface area contributed by atoms with E-state index in [0.29, 0.717) is 35.1 Å². The van der Waals surface area contributed by atoms with E-state index in [1.165, 1.54) is 12.1 Å². The monoisotopic (exact) mass is 481 g/mol. The zero-order valence-corrected chi connectivity index (χ0v) is 19.7. The summed E-state index contributed by atoms with van der Waals surface area (Å²) in [6, 6.07) is 8.31. The molecule has 0 atom stereocenters. The Morgan fingerprint density at radius 3 is 2.63 bits per heavy atom. The van der Waals surface area contributed by atoms with Crippen LogP contribution in [0.25, 0.3) is 22.6 Å². The highest BCUT2D eigenvalue weighted by molar-refractivity contribution is 5.83. The van der Waals surface area contributed by atoms with Gasteiger partial charge in [-0.25, -0.2) is 14.4 Å². The second kappa shape index (κ2) is 9.71. The number of benzene rings is 1. The third-order valence-electron chi connectivity index (χ3n) is 5.96. The number of aromatic amines is 1. The molecule has 1 aromatic carbocycles. The van der Waals surface area contributed by atoms with Crippen LogP contribution < -0.4 is 10.1 Å². The Kier molecular flexibility index (Phi) is 6.48. The topological polar surface area (TPSA) is 111 Å². The number of imidazole rings is 1. The van der Waals surface area contributed by atoms with Gasteiger partial charge in [-0.2, -0.15) is 4.98 Å². The Balaban J connectivity index is 1.42. The lowest BCUT2D eigenvalue weighted by Gasteiger charge is -2.35. The first-order valence-electron chi connectivity index (χ1n) is 11.8. The van der Waals surface area contributed by atoms with E-state index < -0.39 is 11.7 Å². The number of aromatic nitrogens is 4. The van der Waals surface area contributed by atoms with Crippen LogP contribution in [0.1, 0.15) is 45.2 Å². The third-order valence-corrected chi connectivity index (χ3v) is 5.96. The Labute approximate surface area is 202 Å². The number of ether oxygens (including phenoxy) is 3. The van der Waals surface area contributed by atoms with Gasteiger partial charge in [-0.1, -0.05) is 6.92 Å². The molecule has 3 aromatic rings. The molecule has 0 radical (unpaired) electrons. The average Bonchev–Trinajstić information content (AvgIpc) is 3.58. The molecule has 1 amide bonds. The van der Waals surface area contributed by atoms with Crippen molar-refractivity contribution in [1.29, 1.82) is 0 Å². The summed E-state index contributed by atoms with van der Waals surface area (Å²) in [5.41, 5.74) is 1.65. The zero-order chi connectivity index (χ0) is 24.4. The summed E-state index contributed by atoms with van der Waals surface area (Å²) in [7, 11) is 0. The number of halogens is 1. The molecule has 1 aliphatic heterocycles. The maximum absolute atomic E-state index is 13.6. The minimum Gasteiger partial charge on any atom is -0.463 e. The Morgan fingerprint density at radius 2 is 1.94 bits per heavy atom. The van der Waals surface area contributed by atoms with Gasteiger partial charge in [-0.3, -0.25) is 4.79 Å². The van der Waals surface area contributed by atoms with E-state index in [2.05, 4.69) is 20.3 Å². The minimum atomic E-state index is -0.789. The van der Waals surface area contributed by atoms with Gasteiger partial charge in [-0.15, -0.1) is 0 Å². The summed E-state index contributed by atoms with van der Waals surface area (Å²) in [5.74, 6) is 0.0239. The lowest BCUT2D eigenvalue weighted by atomic mass is 9.91. The van der Waals surface area contributed by atoms with E-state index in [4.69, 9.17) is 19.2 Å². The summed E-state index contributed by atoms with van der Waals surface area (Å²) in [5, 5.41) is 3.02. The summed E-state index contributed by atoms with van der Waals surface area (Å²) in [4.78, 5) is 29.3. The fourth-order valence-corrected chi connectivity index (χ4v) is 3.73. The van der Waals surface area contributed by atoms with Crippen molar-refractivity contribution in [2.75, 3.05) is 19.8 Å². The van der Waals surface area contributed by atoms with Crippen molar-refractivity contribution in [2.24, 2.45) is 5.41 Å². The van der Waals surface area contributed by atoms with Crippen LogP contribution in [0, 0.1) is 11.2 Å². The number of nitrogens with one attached hydrogen (secondary N) is 2. The third kappa shape index (κ3) is 5.18. The number of carbonyl (C=O) groups excluding carboxylic acids is 1. The number of rotatable bonds is 8. The van der Waals surface area contributed by atoms with Gasteiger partial charge < -0.3 is 24.5 Å². The van der Waals surface area contributed by atoms with E-state index >= 15 is 0 Å². The Bertz CT molecular complexity index is 1190. The van der Waals surface area contributed by atoms with Gasteiger partial charge in [0.2, 0.25) is 12.2 Å². The maximum Gasteiger partial charge on any atom is 0.316 e. The van der Waals surface area contributed by atoms with Crippen molar-refractivity contribution in [2.45, 2.75) is 45.4 Å². The van der Waals surface area contributed by atoms with Crippen LogP contribution in [0.4, 0.5) is 4.39 Å². The van der Waals surface area contributed by atoms with Crippen LogP contribution in [0.5, 0.6) is 6.01 Å². The SMILES string of the molecule is CCCOc1nccc(-c2[nH]c(C3OCC(C)(C(=O)NC4CC4)CO3)nc2-c2ccc(F)cc2)n1. The van der Waals surface area contributed by atoms with Gasteiger partial charge in [0, 0.05) is 17.8 Å². The molecule has 2 N–H and O–H groups in total. The Morgan fingerprint density at radius 1 is 1.20 bits per heavy atom. The molecule has 184 valence electrons. The summed E-state index contributed by atoms with van der Waals surface area (Å²) < 4.78 is 31.1. The number of hydrogen-bond acceptors (Lipinski definition) is 7. The predicted molar refractivity (Wildman–Crippen MR) is 125 cm³/mol. The van der Waals surface area contributed by atoms with Crippen LogP contribution in [0.15, 0.2) is 36.5 Å². The predicted octanol–water partition coefficient (Wildman–Crippen LogP) is 3.79. The van der Waals surface area contributed by atoms with Crippen LogP contribution in [0.3, 0.4) is 0 Å². The molecule has 0 spiro atoms. The van der Waals surface area contributed by atoms with Crippen molar-refractivity contribution >= 4 is 5.91 Å². The second-order valence-corrected chi connectivity index (χ2v) is 9.19. The van der Waals surface area contributed by atoms with Crippen molar-refractivity contribution < 1.29 is 23.4 Å². The quantitative estimate of drug-likeness (QED) is 0.504. The largest absolute Gasteiger partial charge is 0.463 e. The fraction of sp³-hybridized carbons (Fsp3) is 0.440. The van der Waals surface area contributed by atoms with Crippen LogP contribution in [-0.2, 0) is 14.3 Å². The number of H-pyrrole nitrogens is 1. The van der Waals surface area contributed by atoms with Crippen molar-refractivity contribution in [3.63, 3.8) is 0 Å². The first-order valence-corrected chi connectivity index (χ1v) is 11.8. The van der Waals surface area contributed by atoms with E-state index in [1.54, 1.807) is 24.4 Å². The molecule has 1 aliphatic carbocycles. The van der Waals surface area contributed by atoms with Crippen LogP contribution >= 0.6 is 0 Å². The zero-order valence-electron chi connectivity index (χ0n) is 19.7. The molecule has 10 heteroatoms. The van der Waals surface area contributed by atoms with Crippen LogP contribution in [0.2, 0.25) is 0 Å². The Hall–Kier alpha value is -3.37. The highest BCUT2D eigenvalue weighted by Crippen LogP contribution is 2.36. The molecule has 3 heterocycles. The van der Waals surface area contributed by atoms with E-state index in [9.17, 15) is 9.18 Å². The average molecular weight is 482 g/mol. The fourth-order valence-electron chi connectivity index (χ4n) is 3.73. The molecule has 2 fully saturated rings. The number of hydrogen-bond donors (Lipinski definition) is 2. The highest BCUT2D eigenvalue weighted by atomic mass is 19.1. The van der Waals surface area contributed by atoms with Crippen molar-refractivity contribution in [3.05, 3.63) is 48.2 Å². The number of carbonyl (C=O) groups is 1. The van der Waals surface area contributed by atoms with Gasteiger partial charge in [-0.05, 0) is 56.5 Å². The molecular formula is C25H28FN5O4. The van der Waals surface area contributed by atoms with E-state index in [1.807, 2.05) is 13.8 Å². The molecule has 1 saturated heterocycles. The van der Waals surface area contributed by atoms with Crippen molar-refractivity contribution in [3.8, 4) is 28.7 Å². The van der Waals surface area contributed by atoms with Gasteiger partial charge >= 0.3 is 6.01 Å². The van der Waals surface area contributed by atoms with E-state index in [-0.39, 0.29) is 37.0 Å². The van der Waals surface area contributed by atoms with Gasteiger partial charge in [0.1, 0.15) is 5.82 Å². The molecule has 9 nitrogen and oxygen atoms in total. The maximum atomic E-state index is 13.6. The molecule has 0 bridgehead atoms. The molecule has 0 unspecified atom stereocenters. The lowest BCUT2D eigenvalue weighted by molar-refractivity contribution is -0.231. The molecule has 5 rings (SSSR count). The standard InChI is InChI=1S/C25H28FN5O4/c1-3-12-33-24-27-11-10-18(29-24)20-19(15-4-6-16(26)7-5-15)30-21(31-20)22-34-13-25(2,14-35-22)23(32)28-17-8-9-17/h4-7,10-11,17,22H,3,8-9,12-14H2,1-2H3,(H,28,32)(H,30,31). The highest BCUT2D eigenvalue weighted by Gasteiger charge is 2.42. The summed E-state index contributed by atoms with van der Waals surface area (Å²) in [6.45, 7) is 4.72. The molecular weight excluding hydrogens is 453 g/mol. The molecule has 2 aromatic heterocycles. The lowest BCUT2D eigenvalue weighted by Crippen LogP contribution is -2.49. The summed E-state index contributed by atoms with van der Waals surface area (Å²) in [6.07, 6.45) is 3.68. The van der Waals surface area contributed by atoms with Gasteiger partial charge in [0.15, 0.2) is 5.82 Å². The first kappa shape index (κ1) is 23.4. The summed E-state index contributed by atoms with van der Waals surface area (Å²) >= 11 is 0. The number of nitrogens with zero attached hydrogens (tertiary/aromatic N) is 3. The van der Waals surface area contributed by atoms with E-state index in [0.717, 1.165) is 19.3 Å². The second-order valence-electron chi connectivity index (χ2n) is 9.19. The number of amides is 1. The van der Waals surface area contributed by atoms with Gasteiger partial charge in [0.25, 0.3) is 0 Å².